The van der Waals surface area contributed by atoms with E-state index in [9.17, 15) is 27.6 Å². The van der Waals surface area contributed by atoms with Crippen molar-refractivity contribution in [3.63, 3.8) is 0 Å². The minimum Gasteiger partial charge on any atom is -0.450 e. The van der Waals surface area contributed by atoms with Crippen LogP contribution in [-0.4, -0.2) is 46.2 Å². The van der Waals surface area contributed by atoms with Gasteiger partial charge in [0.1, 0.15) is 12.4 Å². The fraction of sp³-hybridized carbons (Fsp3) is 0.370. The highest BCUT2D eigenvalue weighted by Gasteiger charge is 2.40. The Bertz CT molecular complexity index is 1410. The van der Waals surface area contributed by atoms with E-state index in [-0.39, 0.29) is 47.8 Å². The number of nitrogens with zero attached hydrogens (tertiary/aromatic N) is 2. The number of carbonyl (C=O) groups excluding carboxylic acids is 2. The zero-order chi connectivity index (χ0) is 30.3. The zero-order valence-corrected chi connectivity index (χ0v) is 22.8. The number of halogens is 3. The van der Waals surface area contributed by atoms with Crippen LogP contribution >= 0.6 is 0 Å². The maximum absolute atomic E-state index is 13.5. The summed E-state index contributed by atoms with van der Waals surface area (Å²) in [4.78, 5) is 41.8. The standard InChI is InChI=1S/C27H32F3N7O4/c1-4-41-26(40)36-23(32)17-7-5-16(6-8-17)12-33-22(38)14-37-21(13-34-24(25(37)39)35-15(2)3)18-9-19(27(28,29)30)11-20(31)10-18/h5-10,13,15,19H,4,11-12,14,31H2,1-3H3,(H,33,38)(H,34,35)(H2,32,36,40). The van der Waals surface area contributed by atoms with Gasteiger partial charge in [0.15, 0.2) is 5.82 Å². The van der Waals surface area contributed by atoms with Crippen molar-refractivity contribution in [3.8, 4) is 0 Å². The highest BCUT2D eigenvalue weighted by Crippen LogP contribution is 2.37. The summed E-state index contributed by atoms with van der Waals surface area (Å²) in [5.74, 6) is -2.62. The van der Waals surface area contributed by atoms with Crippen molar-refractivity contribution >= 4 is 29.2 Å². The average molecular weight is 576 g/mol. The number of alkyl halides is 3. The second-order valence-electron chi connectivity index (χ2n) is 9.57. The molecule has 2 amide bonds. The number of alkyl carbamates (subject to hydrolysis) is 1. The monoisotopic (exact) mass is 575 g/mol. The Labute approximate surface area is 234 Å². The highest BCUT2D eigenvalue weighted by atomic mass is 19.4. The van der Waals surface area contributed by atoms with Gasteiger partial charge in [-0.1, -0.05) is 30.3 Å². The van der Waals surface area contributed by atoms with Crippen LogP contribution in [0.3, 0.4) is 0 Å². The van der Waals surface area contributed by atoms with Gasteiger partial charge in [-0.2, -0.15) is 13.2 Å². The van der Waals surface area contributed by atoms with E-state index in [1.807, 2.05) is 0 Å². The fourth-order valence-electron chi connectivity index (χ4n) is 3.98. The molecule has 0 aliphatic heterocycles. The Morgan fingerprint density at radius 3 is 2.54 bits per heavy atom. The lowest BCUT2D eigenvalue weighted by Crippen LogP contribution is -2.36. The third-order valence-corrected chi connectivity index (χ3v) is 5.91. The molecule has 220 valence electrons. The first-order valence-corrected chi connectivity index (χ1v) is 12.8. The Hall–Kier alpha value is -4.62. The number of rotatable bonds is 9. The molecule has 0 bridgehead atoms. The van der Waals surface area contributed by atoms with E-state index in [0.29, 0.717) is 11.1 Å². The van der Waals surface area contributed by atoms with Crippen molar-refractivity contribution in [1.82, 2.24) is 20.2 Å². The van der Waals surface area contributed by atoms with Gasteiger partial charge in [0.2, 0.25) is 5.91 Å². The lowest BCUT2D eigenvalue weighted by Gasteiger charge is -2.24. The highest BCUT2D eigenvalue weighted by molar-refractivity contribution is 6.04. The van der Waals surface area contributed by atoms with Gasteiger partial charge in [-0.15, -0.1) is 0 Å². The molecule has 1 atom stereocenters. The zero-order valence-electron chi connectivity index (χ0n) is 22.8. The van der Waals surface area contributed by atoms with Crippen molar-refractivity contribution in [3.05, 3.63) is 75.5 Å². The van der Waals surface area contributed by atoms with E-state index in [0.717, 1.165) is 10.6 Å². The Morgan fingerprint density at radius 1 is 1.24 bits per heavy atom. The molecule has 0 saturated carbocycles. The minimum absolute atomic E-state index is 0.00774. The van der Waals surface area contributed by atoms with Gasteiger partial charge in [-0.05, 0) is 38.0 Å². The van der Waals surface area contributed by atoms with Crippen LogP contribution in [0.2, 0.25) is 0 Å². The number of hydrogen-bond donors (Lipinski definition) is 5. The van der Waals surface area contributed by atoms with Gasteiger partial charge in [0.25, 0.3) is 5.56 Å². The third-order valence-electron chi connectivity index (χ3n) is 5.91. The molecule has 0 saturated heterocycles. The summed E-state index contributed by atoms with van der Waals surface area (Å²) in [6, 6.07) is 6.27. The number of anilines is 1. The summed E-state index contributed by atoms with van der Waals surface area (Å²) in [5.41, 5.74) is 6.25. The van der Waals surface area contributed by atoms with Crippen molar-refractivity contribution in [2.24, 2.45) is 11.7 Å². The fourth-order valence-corrected chi connectivity index (χ4v) is 3.98. The number of allylic oxidation sites excluding steroid dienone is 4. The Kier molecular flexibility index (Phi) is 9.92. The van der Waals surface area contributed by atoms with Gasteiger partial charge in [-0.25, -0.2) is 9.78 Å². The van der Waals surface area contributed by atoms with Crippen LogP contribution in [0, 0.1) is 11.3 Å². The van der Waals surface area contributed by atoms with Crippen LogP contribution in [0.5, 0.6) is 0 Å². The third kappa shape index (κ3) is 8.43. The lowest BCUT2D eigenvalue weighted by atomic mass is 9.92. The molecule has 1 aliphatic rings. The number of ether oxygens (including phenoxy) is 1. The van der Waals surface area contributed by atoms with Crippen molar-refractivity contribution in [2.75, 3.05) is 11.9 Å². The summed E-state index contributed by atoms with van der Waals surface area (Å²) in [5, 5.41) is 15.8. The molecule has 0 fully saturated rings. The number of carbonyl (C=O) groups is 2. The molecule has 11 nitrogen and oxygen atoms in total. The predicted octanol–water partition coefficient (Wildman–Crippen LogP) is 3.26. The van der Waals surface area contributed by atoms with Crippen LogP contribution in [0.25, 0.3) is 5.57 Å². The number of amidine groups is 1. The van der Waals surface area contributed by atoms with E-state index < -0.39 is 42.6 Å². The van der Waals surface area contributed by atoms with Gasteiger partial charge < -0.3 is 21.1 Å². The van der Waals surface area contributed by atoms with Crippen molar-refractivity contribution < 1.29 is 27.5 Å². The number of aromatic nitrogens is 2. The van der Waals surface area contributed by atoms with E-state index in [1.54, 1.807) is 45.0 Å². The molecule has 1 aliphatic carbocycles. The first-order chi connectivity index (χ1) is 19.3. The molecule has 14 heteroatoms. The quantitative estimate of drug-likeness (QED) is 0.226. The maximum Gasteiger partial charge on any atom is 0.412 e. The summed E-state index contributed by atoms with van der Waals surface area (Å²) < 4.78 is 46.3. The maximum atomic E-state index is 13.5. The Balaban J connectivity index is 1.80. The molecule has 6 N–H and O–H groups in total. The first kappa shape index (κ1) is 30.9. The second-order valence-corrected chi connectivity index (χ2v) is 9.57. The molecule has 1 heterocycles. The van der Waals surface area contributed by atoms with Crippen molar-refractivity contribution in [1.29, 1.82) is 5.41 Å². The number of nitrogens with two attached hydrogens (primary N) is 1. The molecule has 2 aromatic rings. The van der Waals surface area contributed by atoms with E-state index in [4.69, 9.17) is 15.9 Å². The number of nitrogens with one attached hydrogen (secondary N) is 4. The number of hydrogen-bond acceptors (Lipinski definition) is 8. The molecule has 1 aromatic carbocycles. The first-order valence-electron chi connectivity index (χ1n) is 12.8. The molecule has 0 radical (unpaired) electrons. The van der Waals surface area contributed by atoms with Gasteiger partial charge >= 0.3 is 12.3 Å². The van der Waals surface area contributed by atoms with Gasteiger partial charge in [-0.3, -0.25) is 24.9 Å². The van der Waals surface area contributed by atoms with Crippen molar-refractivity contribution in [2.45, 2.75) is 52.5 Å². The summed E-state index contributed by atoms with van der Waals surface area (Å²) in [6.07, 6.45) is -2.13. The smallest absolute Gasteiger partial charge is 0.412 e. The topological polar surface area (TPSA) is 164 Å². The molecule has 1 unspecified atom stereocenters. The van der Waals surface area contributed by atoms with Crippen LogP contribution < -0.4 is 27.2 Å². The lowest BCUT2D eigenvalue weighted by molar-refractivity contribution is -0.160. The SMILES string of the molecule is CCOC(=O)NC(=N)c1ccc(CNC(=O)Cn2c(C3=CC(C(F)(F)F)CC(N)=C3)cnc(NC(C)C)c2=O)cc1. The van der Waals surface area contributed by atoms with Crippen LogP contribution in [0.4, 0.5) is 23.8 Å². The van der Waals surface area contributed by atoms with Crippen LogP contribution in [-0.2, 0) is 22.6 Å². The second kappa shape index (κ2) is 13.2. The molecular weight excluding hydrogens is 543 g/mol. The number of benzene rings is 1. The molecule has 0 spiro atoms. The molecule has 3 rings (SSSR count). The number of amides is 2. The Morgan fingerprint density at radius 2 is 1.93 bits per heavy atom. The average Bonchev–Trinajstić information content (AvgIpc) is 2.89. The molecule has 1 aromatic heterocycles. The molecular formula is C27H32F3N7O4. The van der Waals surface area contributed by atoms with Gasteiger partial charge in [0, 0.05) is 30.3 Å². The van der Waals surface area contributed by atoms with E-state index in [1.165, 1.54) is 12.3 Å². The predicted molar refractivity (Wildman–Crippen MR) is 147 cm³/mol. The summed E-state index contributed by atoms with van der Waals surface area (Å²) >= 11 is 0. The minimum atomic E-state index is -4.54. The van der Waals surface area contributed by atoms with E-state index in [2.05, 4.69) is 20.9 Å². The van der Waals surface area contributed by atoms with Crippen LogP contribution in [0.1, 0.15) is 44.0 Å². The summed E-state index contributed by atoms with van der Waals surface area (Å²) in [6.45, 7) is 4.95. The largest absolute Gasteiger partial charge is 0.450 e. The normalized spacial score (nSPS) is 15.0. The summed E-state index contributed by atoms with van der Waals surface area (Å²) in [7, 11) is 0. The van der Waals surface area contributed by atoms with E-state index >= 15 is 0 Å². The van der Waals surface area contributed by atoms with Crippen LogP contribution in [0.15, 0.2) is 53.1 Å². The molecule has 41 heavy (non-hydrogen) atoms. The van der Waals surface area contributed by atoms with Gasteiger partial charge in [0.05, 0.1) is 24.4 Å².